The van der Waals surface area contributed by atoms with Crippen LogP contribution in [0.1, 0.15) is 47.7 Å². The van der Waals surface area contributed by atoms with Crippen molar-refractivity contribution in [3.05, 3.63) is 94.5 Å². The Labute approximate surface area is 194 Å². The predicted octanol–water partition coefficient (Wildman–Crippen LogP) is 6.47. The minimum Gasteiger partial charge on any atom is -0.478 e. The molecule has 0 aliphatic carbocycles. The largest absolute Gasteiger partial charge is 0.478 e. The molecule has 166 valence electrons. The Balaban J connectivity index is 1.71. The molecule has 0 aliphatic heterocycles. The highest BCUT2D eigenvalue weighted by Crippen LogP contribution is 2.22. The minimum absolute atomic E-state index is 0.159. The number of hydrogen-bond acceptors (Lipinski definition) is 2. The topological polar surface area (TPSA) is 57.6 Å². The number of hydrogen-bond donors (Lipinski definition) is 1. The maximum Gasteiger partial charge on any atom is 0.335 e. The van der Waals surface area contributed by atoms with Gasteiger partial charge >= 0.3 is 5.97 Å². The summed E-state index contributed by atoms with van der Waals surface area (Å²) in [5, 5.41) is 9.79. The number of carbonyl (C=O) groups excluding carboxylic acids is 1. The summed E-state index contributed by atoms with van der Waals surface area (Å²) in [5.41, 5.74) is 4.33. The van der Waals surface area contributed by atoms with Gasteiger partial charge in [-0.1, -0.05) is 79.5 Å². The second-order valence-electron chi connectivity index (χ2n) is 7.84. The molecule has 32 heavy (non-hydrogen) atoms. The molecule has 0 heterocycles. The van der Waals surface area contributed by atoms with E-state index in [4.69, 9.17) is 16.7 Å². The fraction of sp³-hybridized carbons (Fsp3) is 0.259. The molecule has 0 spiro atoms. The molecular weight excluding hydrogens is 422 g/mol. The standard InChI is InChI=1S/C27H28ClNO3/c1-2-3-8-26(30)29(18-17-23-6-4-5-7-25(23)28)19-20-9-11-21(12-10-20)22-13-15-24(16-14-22)27(31)32/h4-7,9-16H,2-3,8,17-19H2,1H3,(H,31,32). The summed E-state index contributed by atoms with van der Waals surface area (Å²) in [6, 6.07) is 22.6. The number of halogens is 1. The zero-order chi connectivity index (χ0) is 22.9. The lowest BCUT2D eigenvalue weighted by atomic mass is 10.0. The third kappa shape index (κ3) is 6.44. The molecule has 0 aromatic heterocycles. The zero-order valence-electron chi connectivity index (χ0n) is 18.3. The van der Waals surface area contributed by atoms with Crippen LogP contribution in [0.3, 0.4) is 0 Å². The minimum atomic E-state index is -0.934. The summed E-state index contributed by atoms with van der Waals surface area (Å²) in [4.78, 5) is 25.8. The normalized spacial score (nSPS) is 10.7. The average molecular weight is 450 g/mol. The number of amides is 1. The van der Waals surface area contributed by atoms with Crippen molar-refractivity contribution < 1.29 is 14.7 Å². The van der Waals surface area contributed by atoms with E-state index in [1.54, 1.807) is 12.1 Å². The van der Waals surface area contributed by atoms with Crippen molar-refractivity contribution in [1.29, 1.82) is 0 Å². The number of nitrogens with zero attached hydrogens (tertiary/aromatic N) is 1. The molecule has 5 heteroatoms. The molecular formula is C27H28ClNO3. The van der Waals surface area contributed by atoms with Crippen molar-refractivity contribution in [3.8, 4) is 11.1 Å². The number of carboxylic acids is 1. The van der Waals surface area contributed by atoms with Crippen molar-refractivity contribution in [1.82, 2.24) is 4.90 Å². The van der Waals surface area contributed by atoms with E-state index >= 15 is 0 Å². The quantitative estimate of drug-likeness (QED) is 0.386. The van der Waals surface area contributed by atoms with Gasteiger partial charge in [-0.25, -0.2) is 4.79 Å². The molecule has 1 amide bonds. The van der Waals surface area contributed by atoms with Crippen molar-refractivity contribution in [2.45, 2.75) is 39.2 Å². The van der Waals surface area contributed by atoms with Crippen LogP contribution in [0.4, 0.5) is 0 Å². The van der Waals surface area contributed by atoms with E-state index in [1.807, 2.05) is 65.6 Å². The molecule has 0 saturated heterocycles. The number of carboxylic acid groups (broad SMARTS) is 1. The number of aromatic carboxylic acids is 1. The van der Waals surface area contributed by atoms with E-state index in [0.29, 0.717) is 25.9 Å². The first-order valence-corrected chi connectivity index (χ1v) is 11.3. The van der Waals surface area contributed by atoms with Crippen LogP contribution in [0.5, 0.6) is 0 Å². The zero-order valence-corrected chi connectivity index (χ0v) is 19.0. The first kappa shape index (κ1) is 23.6. The lowest BCUT2D eigenvalue weighted by Crippen LogP contribution is -2.32. The molecule has 0 aliphatic rings. The van der Waals surface area contributed by atoms with E-state index in [0.717, 1.165) is 40.1 Å². The molecule has 1 N–H and O–H groups in total. The Bertz CT molecular complexity index is 1050. The summed E-state index contributed by atoms with van der Waals surface area (Å²) >= 11 is 6.30. The lowest BCUT2D eigenvalue weighted by molar-refractivity contribution is -0.131. The fourth-order valence-corrected chi connectivity index (χ4v) is 3.79. The molecule has 0 atom stereocenters. The number of carbonyl (C=O) groups is 2. The second kappa shape index (κ2) is 11.5. The Kier molecular flexibility index (Phi) is 8.46. The highest BCUT2D eigenvalue weighted by molar-refractivity contribution is 6.31. The monoisotopic (exact) mass is 449 g/mol. The molecule has 0 saturated carbocycles. The SMILES string of the molecule is CCCCC(=O)N(CCc1ccccc1Cl)Cc1ccc(-c2ccc(C(=O)O)cc2)cc1. The van der Waals surface area contributed by atoms with E-state index in [1.165, 1.54) is 0 Å². The highest BCUT2D eigenvalue weighted by Gasteiger charge is 2.14. The number of rotatable bonds is 10. The highest BCUT2D eigenvalue weighted by atomic mass is 35.5. The molecule has 3 aromatic carbocycles. The third-order valence-corrected chi connectivity index (χ3v) is 5.87. The van der Waals surface area contributed by atoms with Crippen LogP contribution < -0.4 is 0 Å². The van der Waals surface area contributed by atoms with E-state index in [-0.39, 0.29) is 11.5 Å². The van der Waals surface area contributed by atoms with Gasteiger partial charge in [-0.15, -0.1) is 0 Å². The van der Waals surface area contributed by atoms with Crippen LogP contribution in [0.25, 0.3) is 11.1 Å². The van der Waals surface area contributed by atoms with Gasteiger partial charge < -0.3 is 10.0 Å². The van der Waals surface area contributed by atoms with Crippen molar-refractivity contribution in [2.75, 3.05) is 6.54 Å². The van der Waals surface area contributed by atoms with Crippen LogP contribution in [0, 0.1) is 0 Å². The van der Waals surface area contributed by atoms with Crippen LogP contribution in [0.2, 0.25) is 5.02 Å². The summed E-state index contributed by atoms with van der Waals surface area (Å²) in [7, 11) is 0. The molecule has 0 radical (unpaired) electrons. The van der Waals surface area contributed by atoms with E-state index < -0.39 is 5.97 Å². The van der Waals surface area contributed by atoms with Gasteiger partial charge in [0.05, 0.1) is 5.56 Å². The summed E-state index contributed by atoms with van der Waals surface area (Å²) in [6.45, 7) is 3.25. The maximum atomic E-state index is 12.8. The van der Waals surface area contributed by atoms with E-state index in [2.05, 4.69) is 6.92 Å². The Morgan fingerprint density at radius 3 is 2.12 bits per heavy atom. The van der Waals surface area contributed by atoms with Gasteiger partial charge in [-0.05, 0) is 53.3 Å². The van der Waals surface area contributed by atoms with Crippen molar-refractivity contribution in [3.63, 3.8) is 0 Å². The third-order valence-electron chi connectivity index (χ3n) is 5.50. The predicted molar refractivity (Wildman–Crippen MR) is 129 cm³/mol. The van der Waals surface area contributed by atoms with Crippen LogP contribution in [-0.4, -0.2) is 28.4 Å². The van der Waals surface area contributed by atoms with E-state index in [9.17, 15) is 9.59 Å². The lowest BCUT2D eigenvalue weighted by Gasteiger charge is -2.23. The Morgan fingerprint density at radius 2 is 1.53 bits per heavy atom. The van der Waals surface area contributed by atoms with Gasteiger partial charge in [-0.2, -0.15) is 0 Å². The van der Waals surface area contributed by atoms with Crippen molar-refractivity contribution >= 4 is 23.5 Å². The van der Waals surface area contributed by atoms with Gasteiger partial charge in [0, 0.05) is 24.5 Å². The average Bonchev–Trinajstić information content (AvgIpc) is 2.81. The molecule has 0 unspecified atom stereocenters. The molecule has 0 bridgehead atoms. The van der Waals surface area contributed by atoms with Gasteiger partial charge in [0.15, 0.2) is 0 Å². The first-order valence-electron chi connectivity index (χ1n) is 10.9. The molecule has 3 rings (SSSR count). The Hall–Kier alpha value is -3.11. The van der Waals surface area contributed by atoms with Crippen LogP contribution in [-0.2, 0) is 17.8 Å². The first-order chi connectivity index (χ1) is 15.5. The van der Waals surface area contributed by atoms with Crippen LogP contribution >= 0.6 is 11.6 Å². The molecule has 3 aromatic rings. The second-order valence-corrected chi connectivity index (χ2v) is 8.25. The summed E-state index contributed by atoms with van der Waals surface area (Å²) in [5.74, 6) is -0.774. The van der Waals surface area contributed by atoms with Gasteiger partial charge in [0.1, 0.15) is 0 Å². The van der Waals surface area contributed by atoms with Gasteiger partial charge in [-0.3, -0.25) is 4.79 Å². The summed E-state index contributed by atoms with van der Waals surface area (Å²) in [6.07, 6.45) is 3.13. The maximum absolute atomic E-state index is 12.8. The summed E-state index contributed by atoms with van der Waals surface area (Å²) < 4.78 is 0. The fourth-order valence-electron chi connectivity index (χ4n) is 3.56. The molecule has 0 fully saturated rings. The van der Waals surface area contributed by atoms with Crippen LogP contribution in [0.15, 0.2) is 72.8 Å². The Morgan fingerprint density at radius 1 is 0.906 bits per heavy atom. The molecule has 4 nitrogen and oxygen atoms in total. The van der Waals surface area contributed by atoms with Gasteiger partial charge in [0.2, 0.25) is 5.91 Å². The van der Waals surface area contributed by atoms with Crippen molar-refractivity contribution in [2.24, 2.45) is 0 Å². The van der Waals surface area contributed by atoms with Gasteiger partial charge in [0.25, 0.3) is 0 Å². The number of unbranched alkanes of at least 4 members (excludes halogenated alkanes) is 1. The number of benzene rings is 3. The smallest absolute Gasteiger partial charge is 0.335 e.